The van der Waals surface area contributed by atoms with E-state index in [1.807, 2.05) is 249 Å². The van der Waals surface area contributed by atoms with E-state index in [0.29, 0.717) is 47.1 Å². The van der Waals surface area contributed by atoms with Gasteiger partial charge in [0.15, 0.2) is 5.70 Å². The number of anilines is 5. The van der Waals surface area contributed by atoms with E-state index in [1.54, 1.807) is 80.5 Å². The molecule has 604 valence electrons. The van der Waals surface area contributed by atoms with Gasteiger partial charge in [-0.05, 0) is 147 Å². The first kappa shape index (κ1) is 140. The fourth-order valence-electron chi connectivity index (χ4n) is 6.84. The van der Waals surface area contributed by atoms with Gasteiger partial charge in [-0.2, -0.15) is 10.5 Å². The third kappa shape index (κ3) is 62.9. The maximum atomic E-state index is 9.24. The van der Waals surface area contributed by atoms with Crippen molar-refractivity contribution >= 4 is 127 Å². The molecule has 2 aromatic heterocycles. The second-order valence-electron chi connectivity index (χ2n) is 16.8. The van der Waals surface area contributed by atoms with Crippen LogP contribution in [0.25, 0.3) is 35.6 Å². The molecule has 0 saturated carbocycles. The molecule has 7 aromatic rings. The van der Waals surface area contributed by atoms with Crippen LogP contribution in [-0.4, -0.2) is 108 Å². The maximum Gasteiger partial charge on any atom is 0.292 e. The maximum absolute atomic E-state index is 9.24. The molecule has 5 atom stereocenters. The Bertz CT molecular complexity index is 3450. The molecule has 16 N–H and O–H groups in total. The normalized spacial score (nSPS) is 8.06. The molecule has 0 spiro atoms. The summed E-state index contributed by atoms with van der Waals surface area (Å²) in [6.45, 7) is 63.4. The number of nitrogens with two attached hydrogens (primary N) is 7. The molecule has 33 heteroatoms. The Morgan fingerprint density at radius 2 is 0.864 bits per heavy atom. The minimum absolute atomic E-state index is 0. The highest BCUT2D eigenvalue weighted by molar-refractivity contribution is 9.09. The van der Waals surface area contributed by atoms with Crippen LogP contribution in [-0.2, 0) is 17.6 Å². The van der Waals surface area contributed by atoms with E-state index in [9.17, 15) is 5.11 Å². The number of phenolic OH excluding ortho intramolecular Hbond substituents is 1. The number of halogens is 1. The van der Waals surface area contributed by atoms with Crippen molar-refractivity contribution in [1.29, 1.82) is 10.5 Å². The van der Waals surface area contributed by atoms with Gasteiger partial charge in [0.1, 0.15) is 46.2 Å². The monoisotopic (exact) mass is 1650 g/mol. The van der Waals surface area contributed by atoms with Crippen LogP contribution in [0.4, 0.5) is 40.1 Å². The Balaban J connectivity index is -0.0000000656. The lowest BCUT2D eigenvalue weighted by Gasteiger charge is -2.15. The second-order valence-corrected chi connectivity index (χ2v) is 17.3. The SMILES string of the molecule is C.C.C.CC.CC.CC.CC.CC.CCC(C#N)OC.COc1ccc(N)cc1.N#CCBr.NP.NP.NP.NP.[B].[B].[B].[B].[C-]#[N+]CN(/C=C(/CC)[N+]#[C-])c1ccc(OC)cc1.[C-]#[N+]CNc1ccc(OC)cc1.[C-]#[N+]c1c(N)c(CC)cn1-c1ccc(O)cc1.[C-]#[N+]c1c(N)c(CC)cn1-c1ccc(OC)cc1. The van der Waals surface area contributed by atoms with Crippen molar-refractivity contribution in [3.05, 3.63) is 214 Å². The van der Waals surface area contributed by atoms with Crippen LogP contribution >= 0.6 is 53.5 Å². The minimum Gasteiger partial charge on any atom is -0.508 e. The third-order valence-electron chi connectivity index (χ3n) is 11.5. The Morgan fingerprint density at radius 1 is 0.545 bits per heavy atom. The number of nitrogens with one attached hydrogen (secondary N) is 1. The van der Waals surface area contributed by atoms with Gasteiger partial charge in [0.2, 0.25) is 0 Å². The van der Waals surface area contributed by atoms with E-state index in [4.69, 9.17) is 79.5 Å². The number of hydrogen-bond acceptors (Lipinski definition) is 17. The fourth-order valence-corrected chi connectivity index (χ4v) is 6.84. The number of rotatable bonds is 16. The van der Waals surface area contributed by atoms with Gasteiger partial charge in [-0.15, -0.1) is 0 Å². The number of hydrogen-bond donors (Lipinski definition) is 9. The Hall–Kier alpha value is -8.91. The van der Waals surface area contributed by atoms with Gasteiger partial charge in [0.25, 0.3) is 25.0 Å². The number of phenols is 1. The number of aryl methyl sites for hydroxylation is 2. The minimum atomic E-state index is -0.208. The molecule has 7 rings (SSSR count). The van der Waals surface area contributed by atoms with E-state index in [0.717, 1.165) is 81.8 Å². The van der Waals surface area contributed by atoms with Crippen LogP contribution in [0.2, 0.25) is 0 Å². The molecular weight excluding hydrogens is 1520 g/mol. The quantitative estimate of drug-likeness (QED) is 0.0143. The van der Waals surface area contributed by atoms with Crippen molar-refractivity contribution in [2.45, 2.75) is 151 Å². The van der Waals surface area contributed by atoms with Gasteiger partial charge >= 0.3 is 0 Å². The number of aromatic hydroxyl groups is 1. The summed E-state index contributed by atoms with van der Waals surface area (Å²) in [4.78, 5) is 18.7. The van der Waals surface area contributed by atoms with Crippen molar-refractivity contribution in [1.82, 2.24) is 9.13 Å². The molecule has 5 unspecified atom stereocenters. The first-order chi connectivity index (χ1) is 50.1. The second kappa shape index (κ2) is 104. The summed E-state index contributed by atoms with van der Waals surface area (Å²) in [5.74, 6) is 4.32. The smallest absolute Gasteiger partial charge is 0.292 e. The van der Waals surface area contributed by atoms with Crippen LogP contribution in [0.5, 0.6) is 28.7 Å². The molecule has 0 aliphatic rings. The molecule has 0 bridgehead atoms. The number of nitriles is 2. The summed E-state index contributed by atoms with van der Waals surface area (Å²) >= 11 is 2.89. The summed E-state index contributed by atoms with van der Waals surface area (Å²) in [6.07, 6.45) is 8.35. The number of nitrogens with zero attached hydrogens (tertiary/aromatic N) is 10. The van der Waals surface area contributed by atoms with E-state index >= 15 is 0 Å². The summed E-state index contributed by atoms with van der Waals surface area (Å²) in [7, 11) is 15.7. The van der Waals surface area contributed by atoms with Crippen molar-refractivity contribution in [2.24, 2.45) is 22.0 Å². The Morgan fingerprint density at radius 3 is 1.11 bits per heavy atom. The highest BCUT2D eigenvalue weighted by Crippen LogP contribution is 2.34. The third-order valence-corrected chi connectivity index (χ3v) is 11.8. The summed E-state index contributed by atoms with van der Waals surface area (Å²) in [5.41, 5.74) is 43.0. The lowest BCUT2D eigenvalue weighted by atomic mass is 10.2. The van der Waals surface area contributed by atoms with Crippen molar-refractivity contribution in [2.75, 3.05) is 81.6 Å². The zero-order chi connectivity index (χ0) is 81.5. The molecule has 0 aliphatic carbocycles. The summed E-state index contributed by atoms with van der Waals surface area (Å²) in [6, 6.07) is 40.2. The lowest BCUT2D eigenvalue weighted by molar-refractivity contribution is 0.143. The Kier molecular flexibility index (Phi) is 133. The number of ether oxygens (including phenoxy) is 5. The van der Waals surface area contributed by atoms with Crippen LogP contribution in [0.3, 0.4) is 0 Å². The molecule has 0 aliphatic heterocycles. The van der Waals surface area contributed by atoms with Gasteiger partial charge in [-0.3, -0.25) is 23.7 Å². The number of aromatic nitrogens is 2. The van der Waals surface area contributed by atoms with Gasteiger partial charge in [-0.1, -0.05) is 186 Å². The topological polar surface area (TPSA) is 343 Å². The molecule has 12 radical (unpaired) electrons. The van der Waals surface area contributed by atoms with Crippen LogP contribution in [0.1, 0.15) is 143 Å². The van der Waals surface area contributed by atoms with Crippen LogP contribution in [0, 0.1) is 55.5 Å². The fraction of sp³-hybridized carbons (Fsp3) is 0.390. The molecule has 2 heterocycles. The zero-order valence-electron chi connectivity index (χ0n) is 66.3. The predicted octanol–water partition coefficient (Wildman–Crippen LogP) is 19.2. The first-order valence-corrected chi connectivity index (χ1v) is 36.2. The van der Waals surface area contributed by atoms with Gasteiger partial charge in [0, 0.05) is 75.2 Å². The molecule has 0 saturated heterocycles. The molecule has 110 heavy (non-hydrogen) atoms. The van der Waals surface area contributed by atoms with Crippen molar-refractivity contribution in [3.63, 3.8) is 0 Å². The van der Waals surface area contributed by atoms with E-state index in [2.05, 4.69) is 72.2 Å². The molecule has 5 aromatic carbocycles. The lowest BCUT2D eigenvalue weighted by Crippen LogP contribution is -2.15. The average molecular weight is 1650 g/mol. The molecule has 0 fully saturated rings. The van der Waals surface area contributed by atoms with Crippen LogP contribution in [0.15, 0.2) is 146 Å². The highest BCUT2D eigenvalue weighted by atomic mass is 79.9. The van der Waals surface area contributed by atoms with Gasteiger partial charge in [0.05, 0.1) is 76.2 Å². The zero-order valence-corrected chi connectivity index (χ0v) is 72.5. The van der Waals surface area contributed by atoms with Gasteiger partial charge in [-0.25, -0.2) is 18.0 Å². The van der Waals surface area contributed by atoms with E-state index < -0.39 is 0 Å². The number of alkyl halides is 1. The largest absolute Gasteiger partial charge is 0.508 e. The van der Waals surface area contributed by atoms with Gasteiger partial charge < -0.3 is 83.0 Å². The van der Waals surface area contributed by atoms with Crippen molar-refractivity contribution in [3.8, 4) is 52.3 Å². The number of methoxy groups -OCH3 is 5. The standard InChI is InChI=1S/2C14H15N3O.C13H13N3O.C9H10N2O.C7H9NO.C5H9NO.C2H2BrN.5C2H6.3CH4.4B.4H4NP/c1-4-10-9-17(14(16-2)13(10)15)11-5-7-12(18-3)8-6-11;1-5-12(16-3)10-17(11-15-2)13-6-8-14(18-4)9-7-13;1-3-9-8-16(13(15-2)12(9)14)10-4-6-11(17)7-5-10;1-10-7-11-8-3-5-9(12-2)6-4-8;1-9-7-4-2-6(8)3-5-7;1-3-5(4-6)7-2;3-1-2-4;5*1-2;;;;;;;;4*1-2/h5-9H,4,15H2,1,3H3;6-10H,5,11H2,1,4H3;4-8,17H,3,14H2,1H3;3-6,11H,7H2,2H3;2-5H,8H2,1H3;5H,3H2,1-2H3;1H2;5*1-2H3;3*1H4;;;;;4*1-2H2/b;12-10-;;;;;;;;;;;;;;;;;;;;;. The average Bonchev–Trinajstić information content (AvgIpc) is 1.67. The van der Waals surface area contributed by atoms with Crippen molar-refractivity contribution < 1.29 is 28.8 Å². The summed E-state index contributed by atoms with van der Waals surface area (Å²) in [5, 5.41) is 28.3. The Labute approximate surface area is 692 Å². The van der Waals surface area contributed by atoms with E-state index in [1.165, 1.54) is 7.11 Å². The van der Waals surface area contributed by atoms with E-state index in [-0.39, 0.29) is 74.5 Å². The predicted molar refractivity (Wildman–Crippen MR) is 499 cm³/mol. The van der Waals surface area contributed by atoms with Crippen LogP contribution < -0.4 is 68.4 Å². The number of benzene rings is 5. The molecular formula is C77H131B4BrN18O6P4. The highest BCUT2D eigenvalue weighted by Gasteiger charge is 2.16. The molecule has 24 nitrogen and oxygen atoms in total. The number of nitrogen functional groups attached to an aromatic ring is 3. The first-order valence-electron chi connectivity index (χ1n) is 32.4. The number of allylic oxidation sites excluding steroid dienone is 1. The summed E-state index contributed by atoms with van der Waals surface area (Å²) < 4.78 is 28.4. The molecule has 0 amide bonds.